The van der Waals surface area contributed by atoms with Crippen molar-refractivity contribution in [3.63, 3.8) is 0 Å². The first-order chi connectivity index (χ1) is 12.2. The Morgan fingerprint density at radius 2 is 1.84 bits per heavy atom. The molecule has 132 valence electrons. The molecule has 0 saturated heterocycles. The van der Waals surface area contributed by atoms with E-state index >= 15 is 0 Å². The van der Waals surface area contributed by atoms with Gasteiger partial charge in [0.25, 0.3) is 0 Å². The lowest BCUT2D eigenvalue weighted by atomic mass is 9.82. The molecule has 2 aromatic rings. The Hall–Kier alpha value is -2.49. The summed E-state index contributed by atoms with van der Waals surface area (Å²) in [5, 5.41) is 12.8. The molecule has 0 spiro atoms. The fourth-order valence-electron chi connectivity index (χ4n) is 3.59. The average molecular weight is 339 g/mol. The Bertz CT molecular complexity index is 706. The molecule has 2 N–H and O–H groups in total. The maximum Gasteiger partial charge on any atom is 0.224 e. The Morgan fingerprint density at radius 3 is 2.52 bits per heavy atom. The van der Waals surface area contributed by atoms with Crippen molar-refractivity contribution in [3.8, 4) is 11.5 Å². The molecular weight excluding hydrogens is 314 g/mol. The van der Waals surface area contributed by atoms with Gasteiger partial charge in [-0.1, -0.05) is 36.4 Å². The van der Waals surface area contributed by atoms with Gasteiger partial charge >= 0.3 is 0 Å². The summed E-state index contributed by atoms with van der Waals surface area (Å²) in [5.41, 5.74) is 2.24. The van der Waals surface area contributed by atoms with Crippen LogP contribution >= 0.6 is 0 Å². The number of carbonyl (C=O) groups excluding carboxylic acids is 1. The largest absolute Gasteiger partial charge is 0.504 e. The van der Waals surface area contributed by atoms with E-state index in [2.05, 4.69) is 29.6 Å². The molecule has 0 bridgehead atoms. The number of amides is 1. The maximum atomic E-state index is 12.3. The van der Waals surface area contributed by atoms with E-state index in [0.29, 0.717) is 18.1 Å². The van der Waals surface area contributed by atoms with Crippen LogP contribution in [-0.2, 0) is 11.2 Å². The van der Waals surface area contributed by atoms with Crippen LogP contribution in [0, 0.1) is 0 Å². The minimum atomic E-state index is 0.0240. The van der Waals surface area contributed by atoms with E-state index in [0.717, 1.165) is 31.2 Å². The second-order valence-corrected chi connectivity index (χ2v) is 6.71. The number of phenolic OH excluding ortho intramolecular Hbond substituents is 1. The molecule has 2 aromatic carbocycles. The lowest BCUT2D eigenvalue weighted by molar-refractivity contribution is -0.121. The van der Waals surface area contributed by atoms with E-state index in [4.69, 9.17) is 4.74 Å². The molecule has 1 amide bonds. The predicted molar refractivity (Wildman–Crippen MR) is 97.9 cm³/mol. The van der Waals surface area contributed by atoms with Crippen LogP contribution in [0.1, 0.15) is 42.7 Å². The van der Waals surface area contributed by atoms with E-state index < -0.39 is 0 Å². The van der Waals surface area contributed by atoms with Gasteiger partial charge in [-0.2, -0.15) is 0 Å². The average Bonchev–Trinajstić information content (AvgIpc) is 2.64. The van der Waals surface area contributed by atoms with Gasteiger partial charge in [0, 0.05) is 6.04 Å². The Morgan fingerprint density at radius 1 is 1.12 bits per heavy atom. The lowest BCUT2D eigenvalue weighted by Crippen LogP contribution is -2.38. The molecule has 1 aliphatic rings. The van der Waals surface area contributed by atoms with Crippen LogP contribution < -0.4 is 10.1 Å². The van der Waals surface area contributed by atoms with E-state index in [9.17, 15) is 9.90 Å². The molecule has 0 atom stereocenters. The van der Waals surface area contributed by atoms with Gasteiger partial charge < -0.3 is 15.2 Å². The number of hydrogen-bond acceptors (Lipinski definition) is 3. The normalized spacial score (nSPS) is 20.0. The van der Waals surface area contributed by atoms with Gasteiger partial charge in [-0.05, 0) is 54.9 Å². The van der Waals surface area contributed by atoms with Crippen molar-refractivity contribution in [3.05, 3.63) is 59.7 Å². The molecule has 25 heavy (non-hydrogen) atoms. The SMILES string of the molecule is COc1cc(CC(=O)NC2CCC(c3ccccc3)CC2)ccc1O. The topological polar surface area (TPSA) is 58.6 Å². The summed E-state index contributed by atoms with van der Waals surface area (Å²) in [6.45, 7) is 0. The zero-order chi connectivity index (χ0) is 17.6. The first kappa shape index (κ1) is 17.3. The highest BCUT2D eigenvalue weighted by atomic mass is 16.5. The summed E-state index contributed by atoms with van der Waals surface area (Å²) in [7, 11) is 1.50. The molecule has 1 fully saturated rings. The second kappa shape index (κ2) is 8.06. The van der Waals surface area contributed by atoms with E-state index in [1.807, 2.05) is 6.07 Å². The molecule has 0 unspecified atom stereocenters. The molecule has 4 heteroatoms. The smallest absolute Gasteiger partial charge is 0.224 e. The van der Waals surface area contributed by atoms with Crippen molar-refractivity contribution >= 4 is 5.91 Å². The highest BCUT2D eigenvalue weighted by Gasteiger charge is 2.23. The third-order valence-corrected chi connectivity index (χ3v) is 4.97. The number of benzene rings is 2. The first-order valence-electron chi connectivity index (χ1n) is 8.86. The first-order valence-corrected chi connectivity index (χ1v) is 8.86. The number of rotatable bonds is 5. The summed E-state index contributed by atoms with van der Waals surface area (Å²) >= 11 is 0. The molecule has 0 aliphatic heterocycles. The van der Waals surface area contributed by atoms with Crippen LogP contribution in [0.4, 0.5) is 0 Å². The molecule has 0 heterocycles. The van der Waals surface area contributed by atoms with E-state index in [1.165, 1.54) is 12.7 Å². The van der Waals surface area contributed by atoms with Crippen LogP contribution in [0.15, 0.2) is 48.5 Å². The quantitative estimate of drug-likeness (QED) is 0.871. The maximum absolute atomic E-state index is 12.3. The monoisotopic (exact) mass is 339 g/mol. The van der Waals surface area contributed by atoms with E-state index in [1.54, 1.807) is 18.2 Å². The van der Waals surface area contributed by atoms with Crippen LogP contribution in [0.2, 0.25) is 0 Å². The summed E-state index contributed by atoms with van der Waals surface area (Å²) in [4.78, 5) is 12.3. The minimum Gasteiger partial charge on any atom is -0.504 e. The summed E-state index contributed by atoms with van der Waals surface area (Å²) < 4.78 is 5.09. The number of aromatic hydroxyl groups is 1. The van der Waals surface area contributed by atoms with Crippen molar-refractivity contribution in [1.29, 1.82) is 0 Å². The molecule has 1 saturated carbocycles. The standard InChI is InChI=1S/C21H25NO3/c1-25-20-13-15(7-12-19(20)23)14-21(24)22-18-10-8-17(9-11-18)16-5-3-2-4-6-16/h2-7,12-13,17-18,23H,8-11,14H2,1H3,(H,22,24). The van der Waals surface area contributed by atoms with Gasteiger partial charge in [-0.25, -0.2) is 0 Å². The van der Waals surface area contributed by atoms with Crippen molar-refractivity contribution < 1.29 is 14.6 Å². The van der Waals surface area contributed by atoms with Crippen molar-refractivity contribution in [2.75, 3.05) is 7.11 Å². The summed E-state index contributed by atoms with van der Waals surface area (Å²) in [6, 6.07) is 15.9. The molecule has 0 radical (unpaired) electrons. The Balaban J connectivity index is 1.49. The van der Waals surface area contributed by atoms with Gasteiger partial charge in [-0.3, -0.25) is 4.79 Å². The van der Waals surface area contributed by atoms with Gasteiger partial charge in [0.1, 0.15) is 0 Å². The van der Waals surface area contributed by atoms with Gasteiger partial charge in [0.2, 0.25) is 5.91 Å². The number of phenols is 1. The number of hydrogen-bond donors (Lipinski definition) is 2. The van der Waals surface area contributed by atoms with E-state index in [-0.39, 0.29) is 17.7 Å². The zero-order valence-electron chi connectivity index (χ0n) is 14.6. The molecule has 1 aliphatic carbocycles. The van der Waals surface area contributed by atoms with Gasteiger partial charge in [0.05, 0.1) is 13.5 Å². The lowest BCUT2D eigenvalue weighted by Gasteiger charge is -2.29. The fourth-order valence-corrected chi connectivity index (χ4v) is 3.59. The number of nitrogens with one attached hydrogen (secondary N) is 1. The zero-order valence-corrected chi connectivity index (χ0v) is 14.6. The minimum absolute atomic E-state index is 0.0240. The summed E-state index contributed by atoms with van der Waals surface area (Å²) in [5.74, 6) is 1.12. The number of ether oxygens (including phenoxy) is 1. The van der Waals surface area contributed by atoms with Gasteiger partial charge in [-0.15, -0.1) is 0 Å². The molecule has 0 aromatic heterocycles. The van der Waals surface area contributed by atoms with Crippen LogP contribution in [0.25, 0.3) is 0 Å². The second-order valence-electron chi connectivity index (χ2n) is 6.71. The predicted octanol–water partition coefficient (Wildman–Crippen LogP) is 3.79. The summed E-state index contributed by atoms with van der Waals surface area (Å²) in [6.07, 6.45) is 4.56. The van der Waals surface area contributed by atoms with Crippen LogP contribution in [0.5, 0.6) is 11.5 Å². The number of carbonyl (C=O) groups is 1. The molecule has 4 nitrogen and oxygen atoms in total. The third-order valence-electron chi connectivity index (χ3n) is 4.97. The van der Waals surface area contributed by atoms with Crippen LogP contribution in [0.3, 0.4) is 0 Å². The fraction of sp³-hybridized carbons (Fsp3) is 0.381. The molecular formula is C21H25NO3. The van der Waals surface area contributed by atoms with Gasteiger partial charge in [0.15, 0.2) is 11.5 Å². The van der Waals surface area contributed by atoms with Crippen molar-refractivity contribution in [2.45, 2.75) is 44.1 Å². The number of methoxy groups -OCH3 is 1. The van der Waals surface area contributed by atoms with Crippen LogP contribution in [-0.4, -0.2) is 24.2 Å². The Labute approximate surface area is 148 Å². The molecule has 3 rings (SSSR count). The highest BCUT2D eigenvalue weighted by molar-refractivity contribution is 5.79. The van der Waals surface area contributed by atoms with Crippen molar-refractivity contribution in [1.82, 2.24) is 5.32 Å². The Kier molecular flexibility index (Phi) is 5.59. The highest BCUT2D eigenvalue weighted by Crippen LogP contribution is 2.32. The third kappa shape index (κ3) is 4.53. The van der Waals surface area contributed by atoms with Crippen molar-refractivity contribution in [2.24, 2.45) is 0 Å².